The molecule has 0 aliphatic rings. The highest BCUT2D eigenvalue weighted by Crippen LogP contribution is 2.27. The standard InChI is InChI=1S/C14H15N3OS3/c1-3-9-20-14-17-16-13(21-14)15-12(18)10-7-5-6-8-11(10)19-4-2/h3,5-8H,1,4,9H2,2H3,(H,15,16,18). The molecule has 1 aromatic heterocycles. The van der Waals surface area contributed by atoms with Crippen molar-refractivity contribution in [3.63, 3.8) is 0 Å². The quantitative estimate of drug-likeness (QED) is 0.466. The van der Waals surface area contributed by atoms with Crippen LogP contribution in [-0.2, 0) is 0 Å². The average molecular weight is 337 g/mol. The molecule has 0 saturated carbocycles. The van der Waals surface area contributed by atoms with Crippen LogP contribution >= 0.6 is 34.9 Å². The van der Waals surface area contributed by atoms with E-state index in [0.29, 0.717) is 10.7 Å². The zero-order chi connectivity index (χ0) is 15.1. The van der Waals surface area contributed by atoms with Crippen molar-refractivity contribution in [1.29, 1.82) is 0 Å². The minimum atomic E-state index is -0.150. The summed E-state index contributed by atoms with van der Waals surface area (Å²) >= 11 is 4.56. The Morgan fingerprint density at radius 1 is 1.38 bits per heavy atom. The van der Waals surface area contributed by atoms with Crippen LogP contribution in [0.25, 0.3) is 0 Å². The molecule has 2 rings (SSSR count). The maximum Gasteiger partial charge on any atom is 0.258 e. The fourth-order valence-corrected chi connectivity index (χ4v) is 3.86. The number of hydrogen-bond acceptors (Lipinski definition) is 6. The van der Waals surface area contributed by atoms with Gasteiger partial charge in [0.05, 0.1) is 5.56 Å². The van der Waals surface area contributed by atoms with Crippen molar-refractivity contribution in [2.75, 3.05) is 16.8 Å². The predicted molar refractivity (Wildman–Crippen MR) is 91.6 cm³/mol. The van der Waals surface area contributed by atoms with Crippen LogP contribution in [0, 0.1) is 0 Å². The van der Waals surface area contributed by atoms with Gasteiger partial charge in [-0.05, 0) is 17.9 Å². The summed E-state index contributed by atoms with van der Waals surface area (Å²) in [4.78, 5) is 13.3. The Morgan fingerprint density at radius 3 is 2.95 bits per heavy atom. The number of hydrogen-bond donors (Lipinski definition) is 1. The van der Waals surface area contributed by atoms with Crippen molar-refractivity contribution in [2.45, 2.75) is 16.2 Å². The lowest BCUT2D eigenvalue weighted by Crippen LogP contribution is -2.12. The van der Waals surface area contributed by atoms with E-state index in [0.717, 1.165) is 20.7 Å². The topological polar surface area (TPSA) is 54.9 Å². The van der Waals surface area contributed by atoms with Gasteiger partial charge in [-0.2, -0.15) is 0 Å². The molecule has 0 spiro atoms. The SMILES string of the molecule is C=CCSc1nnc(NC(=O)c2ccccc2SCC)s1. The molecule has 0 fully saturated rings. The van der Waals surface area contributed by atoms with Gasteiger partial charge in [0.1, 0.15) is 0 Å². The number of amides is 1. The fraction of sp³-hybridized carbons (Fsp3) is 0.214. The molecule has 0 unspecified atom stereocenters. The molecule has 0 aliphatic heterocycles. The third-order valence-electron chi connectivity index (χ3n) is 2.38. The number of anilines is 1. The predicted octanol–water partition coefficient (Wildman–Crippen LogP) is 4.18. The maximum absolute atomic E-state index is 12.3. The number of nitrogens with one attached hydrogen (secondary N) is 1. The number of aromatic nitrogens is 2. The first-order chi connectivity index (χ1) is 10.2. The molecular formula is C14H15N3OS3. The lowest BCUT2D eigenvalue weighted by atomic mass is 10.2. The number of benzene rings is 1. The fourth-order valence-electron chi connectivity index (χ4n) is 1.55. The first-order valence-electron chi connectivity index (χ1n) is 6.35. The molecule has 0 atom stereocenters. The van der Waals surface area contributed by atoms with Gasteiger partial charge in [0.15, 0.2) is 4.34 Å². The van der Waals surface area contributed by atoms with Gasteiger partial charge in [-0.1, -0.05) is 48.2 Å². The van der Waals surface area contributed by atoms with Crippen molar-refractivity contribution in [3.05, 3.63) is 42.5 Å². The van der Waals surface area contributed by atoms with Crippen LogP contribution < -0.4 is 5.32 Å². The summed E-state index contributed by atoms with van der Waals surface area (Å²) in [6.07, 6.45) is 1.81. The van der Waals surface area contributed by atoms with E-state index < -0.39 is 0 Å². The van der Waals surface area contributed by atoms with E-state index in [-0.39, 0.29) is 5.91 Å². The van der Waals surface area contributed by atoms with Crippen LogP contribution in [0.4, 0.5) is 5.13 Å². The van der Waals surface area contributed by atoms with Crippen molar-refractivity contribution in [1.82, 2.24) is 10.2 Å². The summed E-state index contributed by atoms with van der Waals surface area (Å²) in [5.74, 6) is 1.55. The van der Waals surface area contributed by atoms with Gasteiger partial charge < -0.3 is 0 Å². The maximum atomic E-state index is 12.3. The Morgan fingerprint density at radius 2 is 2.19 bits per heavy atom. The zero-order valence-electron chi connectivity index (χ0n) is 11.5. The summed E-state index contributed by atoms with van der Waals surface area (Å²) < 4.78 is 0.821. The first kappa shape index (κ1) is 16.1. The molecule has 110 valence electrons. The monoisotopic (exact) mass is 337 g/mol. The minimum absolute atomic E-state index is 0.150. The van der Waals surface area contributed by atoms with E-state index in [2.05, 4.69) is 29.0 Å². The number of rotatable bonds is 7. The van der Waals surface area contributed by atoms with Crippen molar-refractivity contribution in [2.24, 2.45) is 0 Å². The Balaban J connectivity index is 2.07. The largest absolute Gasteiger partial charge is 0.296 e. The highest BCUT2D eigenvalue weighted by atomic mass is 32.2. The van der Waals surface area contributed by atoms with E-state index in [1.54, 1.807) is 23.5 Å². The molecule has 21 heavy (non-hydrogen) atoms. The van der Waals surface area contributed by atoms with E-state index in [1.165, 1.54) is 11.3 Å². The lowest BCUT2D eigenvalue weighted by molar-refractivity contribution is 0.102. The molecule has 1 amide bonds. The van der Waals surface area contributed by atoms with E-state index in [4.69, 9.17) is 0 Å². The first-order valence-corrected chi connectivity index (χ1v) is 9.13. The van der Waals surface area contributed by atoms with E-state index >= 15 is 0 Å². The summed E-state index contributed by atoms with van der Waals surface area (Å²) in [6.45, 7) is 5.72. The third kappa shape index (κ3) is 4.59. The van der Waals surface area contributed by atoms with Crippen molar-refractivity contribution in [3.8, 4) is 0 Å². The second kappa shape index (κ2) is 8.21. The Hall–Kier alpha value is -1.31. The van der Waals surface area contributed by atoms with E-state index in [9.17, 15) is 4.79 Å². The van der Waals surface area contributed by atoms with Crippen molar-refractivity contribution >= 4 is 45.9 Å². The Kier molecular flexibility index (Phi) is 6.28. The summed E-state index contributed by atoms with van der Waals surface area (Å²) in [5.41, 5.74) is 0.667. The smallest absolute Gasteiger partial charge is 0.258 e. The summed E-state index contributed by atoms with van der Waals surface area (Å²) in [7, 11) is 0. The number of carbonyl (C=O) groups is 1. The highest BCUT2D eigenvalue weighted by Gasteiger charge is 2.13. The second-order valence-corrected chi connectivity index (χ2v) is 7.41. The number of thioether (sulfide) groups is 2. The molecule has 0 aliphatic carbocycles. The van der Waals surface area contributed by atoms with Crippen LogP contribution in [0.3, 0.4) is 0 Å². The van der Waals surface area contributed by atoms with Gasteiger partial charge in [0, 0.05) is 10.6 Å². The molecular weight excluding hydrogens is 322 g/mol. The molecule has 7 heteroatoms. The average Bonchev–Trinajstić information content (AvgIpc) is 2.93. The van der Waals surface area contributed by atoms with Crippen LogP contribution in [0.1, 0.15) is 17.3 Å². The lowest BCUT2D eigenvalue weighted by Gasteiger charge is -2.06. The molecule has 0 radical (unpaired) electrons. The normalized spacial score (nSPS) is 10.3. The van der Waals surface area contributed by atoms with Crippen LogP contribution in [0.5, 0.6) is 0 Å². The van der Waals surface area contributed by atoms with Crippen LogP contribution in [0.2, 0.25) is 0 Å². The van der Waals surface area contributed by atoms with Crippen LogP contribution in [0.15, 0.2) is 46.2 Å². The molecule has 1 N–H and O–H groups in total. The van der Waals surface area contributed by atoms with Gasteiger partial charge in [-0.3, -0.25) is 10.1 Å². The molecule has 1 aromatic carbocycles. The summed E-state index contributed by atoms with van der Waals surface area (Å²) in [5, 5.41) is 11.3. The van der Waals surface area contributed by atoms with Gasteiger partial charge in [0.2, 0.25) is 5.13 Å². The molecule has 0 saturated heterocycles. The minimum Gasteiger partial charge on any atom is -0.296 e. The Bertz CT molecular complexity index is 627. The second-order valence-electron chi connectivity index (χ2n) is 3.86. The Labute approximate surface area is 136 Å². The number of carbonyl (C=O) groups excluding carboxylic acids is 1. The molecule has 4 nitrogen and oxygen atoms in total. The van der Waals surface area contributed by atoms with E-state index in [1.807, 2.05) is 30.3 Å². The third-order valence-corrected chi connectivity index (χ3v) is 5.31. The van der Waals surface area contributed by atoms with Gasteiger partial charge in [-0.25, -0.2) is 0 Å². The van der Waals surface area contributed by atoms with Gasteiger partial charge in [-0.15, -0.1) is 28.5 Å². The van der Waals surface area contributed by atoms with Gasteiger partial charge in [0.25, 0.3) is 5.91 Å². The zero-order valence-corrected chi connectivity index (χ0v) is 14.0. The van der Waals surface area contributed by atoms with Crippen molar-refractivity contribution < 1.29 is 4.79 Å². The highest BCUT2D eigenvalue weighted by molar-refractivity contribution is 8.01. The summed E-state index contributed by atoms with van der Waals surface area (Å²) in [6, 6.07) is 7.57. The molecule has 0 bridgehead atoms. The molecule has 1 heterocycles. The van der Waals surface area contributed by atoms with Crippen LogP contribution in [-0.4, -0.2) is 27.6 Å². The van der Waals surface area contributed by atoms with Gasteiger partial charge >= 0.3 is 0 Å². The molecule has 2 aromatic rings. The number of nitrogens with zero attached hydrogens (tertiary/aromatic N) is 2.